The summed E-state index contributed by atoms with van der Waals surface area (Å²) in [6.45, 7) is 6.81. The van der Waals surface area contributed by atoms with Crippen LogP contribution in [0.4, 0.5) is 0 Å². The van der Waals surface area contributed by atoms with E-state index in [1.54, 1.807) is 0 Å². The van der Waals surface area contributed by atoms with E-state index in [1.807, 2.05) is 0 Å². The van der Waals surface area contributed by atoms with Gasteiger partial charge in [-0.15, -0.1) is 0 Å². The van der Waals surface area contributed by atoms with Crippen LogP contribution in [0, 0.1) is 5.92 Å². The highest BCUT2D eigenvalue weighted by Gasteiger charge is 2.24. The normalized spacial score (nSPS) is 19.5. The maximum absolute atomic E-state index is 3.89. The third-order valence-corrected chi connectivity index (χ3v) is 5.19. The predicted octanol–water partition coefficient (Wildman–Crippen LogP) is 5.61. The van der Waals surface area contributed by atoms with Crippen molar-refractivity contribution in [2.75, 3.05) is 0 Å². The Morgan fingerprint density at radius 2 is 1.59 bits per heavy atom. The van der Waals surface area contributed by atoms with Crippen LogP contribution in [0.5, 0.6) is 0 Å². The Hall–Kier alpha value is -0.300. The van der Waals surface area contributed by atoms with Gasteiger partial charge in [-0.2, -0.15) is 0 Å². The molecule has 0 nitrogen and oxygen atoms in total. The van der Waals surface area contributed by atoms with Gasteiger partial charge in [-0.1, -0.05) is 73.8 Å². The third kappa shape index (κ3) is 3.13. The van der Waals surface area contributed by atoms with Crippen molar-refractivity contribution in [1.29, 1.82) is 0 Å². The number of hydrogen-bond donors (Lipinski definition) is 0. The van der Waals surface area contributed by atoms with Gasteiger partial charge in [0.25, 0.3) is 0 Å². The minimum Gasteiger partial charge on any atom is -0.0836 e. The van der Waals surface area contributed by atoms with E-state index in [9.17, 15) is 0 Å². The first-order valence-corrected chi connectivity index (χ1v) is 7.64. The largest absolute Gasteiger partial charge is 0.0836 e. The number of rotatable bonds is 2. The van der Waals surface area contributed by atoms with Crippen LogP contribution in [0.25, 0.3) is 0 Å². The monoisotopic (exact) mass is 294 g/mol. The molecule has 1 aliphatic rings. The molecule has 0 aromatic heterocycles. The molecule has 0 radical (unpaired) electrons. The molecule has 1 unspecified atom stereocenters. The standard InChI is InChI=1S/C16H23Br/c1-16(2,3)14-10-8-13(9-11-14)15(17)12-6-4-5-7-12/h8-12,15H,4-7H2,1-3H3. The second kappa shape index (κ2) is 5.14. The molecule has 0 aliphatic heterocycles. The fourth-order valence-corrected chi connectivity index (χ4v) is 3.52. The van der Waals surface area contributed by atoms with E-state index in [1.165, 1.54) is 36.8 Å². The highest BCUT2D eigenvalue weighted by molar-refractivity contribution is 9.09. The molecule has 0 amide bonds. The highest BCUT2D eigenvalue weighted by Crippen LogP contribution is 2.41. The van der Waals surface area contributed by atoms with Crippen LogP contribution in [-0.2, 0) is 5.41 Å². The maximum atomic E-state index is 3.89. The zero-order valence-corrected chi connectivity index (χ0v) is 12.8. The molecule has 1 atom stereocenters. The van der Waals surface area contributed by atoms with E-state index < -0.39 is 0 Å². The van der Waals surface area contributed by atoms with Gasteiger partial charge in [0.1, 0.15) is 0 Å². The first kappa shape index (κ1) is 13.1. The third-order valence-electron chi connectivity index (χ3n) is 3.91. The molecule has 2 rings (SSSR count). The minimum absolute atomic E-state index is 0.258. The van der Waals surface area contributed by atoms with Crippen LogP contribution in [0.3, 0.4) is 0 Å². The Balaban J connectivity index is 2.12. The lowest BCUT2D eigenvalue weighted by Crippen LogP contribution is -2.11. The maximum Gasteiger partial charge on any atom is 0.0423 e. The molecule has 0 bridgehead atoms. The fourth-order valence-electron chi connectivity index (χ4n) is 2.69. The van der Waals surface area contributed by atoms with Crippen molar-refractivity contribution in [2.24, 2.45) is 5.92 Å². The summed E-state index contributed by atoms with van der Waals surface area (Å²) < 4.78 is 0. The Labute approximate surface area is 114 Å². The lowest BCUT2D eigenvalue weighted by atomic mass is 9.86. The van der Waals surface area contributed by atoms with Crippen molar-refractivity contribution in [3.05, 3.63) is 35.4 Å². The summed E-state index contributed by atoms with van der Waals surface area (Å²) in [4.78, 5) is 0.555. The predicted molar refractivity (Wildman–Crippen MR) is 78.8 cm³/mol. The van der Waals surface area contributed by atoms with Crippen molar-refractivity contribution in [2.45, 2.75) is 56.7 Å². The topological polar surface area (TPSA) is 0 Å². The van der Waals surface area contributed by atoms with Gasteiger partial charge in [0.2, 0.25) is 0 Å². The van der Waals surface area contributed by atoms with Crippen LogP contribution < -0.4 is 0 Å². The zero-order valence-electron chi connectivity index (χ0n) is 11.2. The first-order chi connectivity index (χ1) is 7.98. The van der Waals surface area contributed by atoms with Gasteiger partial charge < -0.3 is 0 Å². The van der Waals surface area contributed by atoms with Crippen molar-refractivity contribution in [1.82, 2.24) is 0 Å². The molecular formula is C16H23Br. The average molecular weight is 295 g/mol. The SMILES string of the molecule is CC(C)(C)c1ccc(C(Br)C2CCCC2)cc1. The summed E-state index contributed by atoms with van der Waals surface area (Å²) in [5, 5.41) is 0. The van der Waals surface area contributed by atoms with Crippen LogP contribution in [0.1, 0.15) is 62.4 Å². The van der Waals surface area contributed by atoms with Crippen molar-refractivity contribution in [3.63, 3.8) is 0 Å². The minimum atomic E-state index is 0.258. The Kier molecular flexibility index (Phi) is 3.97. The average Bonchev–Trinajstić information content (AvgIpc) is 2.80. The molecule has 1 aromatic rings. The van der Waals surface area contributed by atoms with Gasteiger partial charge in [-0.3, -0.25) is 0 Å². The molecule has 1 saturated carbocycles. The van der Waals surface area contributed by atoms with Crippen LogP contribution >= 0.6 is 15.9 Å². The number of halogens is 1. The molecule has 0 spiro atoms. The van der Waals surface area contributed by atoms with E-state index in [2.05, 4.69) is 61.0 Å². The molecule has 94 valence electrons. The summed E-state index contributed by atoms with van der Waals surface area (Å²) in [6, 6.07) is 9.19. The number of hydrogen-bond acceptors (Lipinski definition) is 0. The van der Waals surface area contributed by atoms with E-state index in [-0.39, 0.29) is 5.41 Å². The van der Waals surface area contributed by atoms with Gasteiger partial charge in [0, 0.05) is 4.83 Å². The first-order valence-electron chi connectivity index (χ1n) is 6.73. The van der Waals surface area contributed by atoms with Gasteiger partial charge in [-0.05, 0) is 35.3 Å². The quantitative estimate of drug-likeness (QED) is 0.622. The van der Waals surface area contributed by atoms with Crippen LogP contribution in [0.15, 0.2) is 24.3 Å². The van der Waals surface area contributed by atoms with Crippen LogP contribution in [0.2, 0.25) is 0 Å². The highest BCUT2D eigenvalue weighted by atomic mass is 79.9. The fraction of sp³-hybridized carbons (Fsp3) is 0.625. The molecule has 1 aliphatic carbocycles. The molecule has 0 saturated heterocycles. The molecule has 1 heteroatoms. The number of benzene rings is 1. The lowest BCUT2D eigenvalue weighted by Gasteiger charge is -2.21. The molecule has 1 aromatic carbocycles. The van der Waals surface area contributed by atoms with Gasteiger partial charge in [0.15, 0.2) is 0 Å². The van der Waals surface area contributed by atoms with Crippen molar-refractivity contribution >= 4 is 15.9 Å². The van der Waals surface area contributed by atoms with Gasteiger partial charge in [0.05, 0.1) is 0 Å². The Morgan fingerprint density at radius 3 is 2.06 bits per heavy atom. The zero-order chi connectivity index (χ0) is 12.5. The second-order valence-electron chi connectivity index (χ2n) is 6.32. The smallest absolute Gasteiger partial charge is 0.0423 e. The van der Waals surface area contributed by atoms with Gasteiger partial charge in [-0.25, -0.2) is 0 Å². The van der Waals surface area contributed by atoms with E-state index >= 15 is 0 Å². The summed E-state index contributed by atoms with van der Waals surface area (Å²) >= 11 is 3.89. The molecule has 1 fully saturated rings. The number of alkyl halides is 1. The summed E-state index contributed by atoms with van der Waals surface area (Å²) in [5.41, 5.74) is 3.13. The summed E-state index contributed by atoms with van der Waals surface area (Å²) in [7, 11) is 0. The lowest BCUT2D eigenvalue weighted by molar-refractivity contribution is 0.541. The van der Waals surface area contributed by atoms with Crippen LogP contribution in [-0.4, -0.2) is 0 Å². The van der Waals surface area contributed by atoms with E-state index in [0.29, 0.717) is 4.83 Å². The van der Waals surface area contributed by atoms with Crippen molar-refractivity contribution < 1.29 is 0 Å². The molecule has 0 heterocycles. The Bertz CT molecular complexity index is 352. The summed E-state index contributed by atoms with van der Waals surface area (Å²) in [6.07, 6.45) is 5.59. The van der Waals surface area contributed by atoms with Gasteiger partial charge >= 0.3 is 0 Å². The molecular weight excluding hydrogens is 272 g/mol. The van der Waals surface area contributed by atoms with Crippen molar-refractivity contribution in [3.8, 4) is 0 Å². The molecule has 17 heavy (non-hydrogen) atoms. The second-order valence-corrected chi connectivity index (χ2v) is 7.30. The summed E-state index contributed by atoms with van der Waals surface area (Å²) in [5.74, 6) is 0.843. The Morgan fingerprint density at radius 1 is 1.06 bits per heavy atom. The van der Waals surface area contributed by atoms with E-state index in [0.717, 1.165) is 5.92 Å². The van der Waals surface area contributed by atoms with E-state index in [4.69, 9.17) is 0 Å². The molecule has 0 N–H and O–H groups in total.